The molecule has 0 aliphatic rings. The van der Waals surface area contributed by atoms with Gasteiger partial charge in [-0.1, -0.05) is 36.4 Å². The molecule has 0 bridgehead atoms. The van der Waals surface area contributed by atoms with E-state index in [1.807, 2.05) is 6.07 Å². The van der Waals surface area contributed by atoms with Gasteiger partial charge in [0.1, 0.15) is 11.6 Å². The lowest BCUT2D eigenvalue weighted by Crippen LogP contribution is -2.21. The van der Waals surface area contributed by atoms with E-state index in [1.54, 1.807) is 36.4 Å². The second-order valence-corrected chi connectivity index (χ2v) is 7.29. The van der Waals surface area contributed by atoms with Gasteiger partial charge >= 0.3 is 6.18 Å². The number of hydrogen-bond donors (Lipinski definition) is 1. The van der Waals surface area contributed by atoms with Crippen LogP contribution in [0.25, 0.3) is 22.3 Å². The second-order valence-electron chi connectivity index (χ2n) is 7.29. The van der Waals surface area contributed by atoms with Gasteiger partial charge in [0.05, 0.1) is 41.7 Å². The summed E-state index contributed by atoms with van der Waals surface area (Å²) in [5.74, 6) is -0.949. The van der Waals surface area contributed by atoms with Gasteiger partial charge in [0.15, 0.2) is 11.5 Å². The van der Waals surface area contributed by atoms with Crippen LogP contribution in [0.3, 0.4) is 0 Å². The van der Waals surface area contributed by atoms with Crippen molar-refractivity contribution >= 4 is 22.4 Å². The van der Waals surface area contributed by atoms with Crippen LogP contribution in [-0.2, 0) is 6.18 Å². The summed E-state index contributed by atoms with van der Waals surface area (Å²) in [6, 6.07) is 15.0. The van der Waals surface area contributed by atoms with Crippen LogP contribution in [0.4, 0.5) is 18.9 Å². The lowest BCUT2D eigenvalue weighted by Gasteiger charge is -2.14. The fourth-order valence-corrected chi connectivity index (χ4v) is 3.65. The standard InChI is InChI=1S/C23H13F3N8O/c24-23(25,26)20-18(13-31-33(20)19-7-3-5-14-4-1-2-6-17(14)19)22(35)32-16-10-15(11-27)21(28-12-16)34-29-8-9-30-34/h1-10,12-13H,(H,32,35). The van der Waals surface area contributed by atoms with Crippen LogP contribution < -0.4 is 5.32 Å². The monoisotopic (exact) mass is 474 g/mol. The average Bonchev–Trinajstić information content (AvgIpc) is 3.54. The molecule has 1 amide bonds. The molecule has 0 unspecified atom stereocenters. The number of carbonyl (C=O) groups is 1. The number of hydrogen-bond acceptors (Lipinski definition) is 6. The second kappa shape index (κ2) is 8.38. The number of halogens is 3. The van der Waals surface area contributed by atoms with Gasteiger partial charge in [-0.05, 0) is 17.5 Å². The Bertz CT molecular complexity index is 1590. The molecule has 3 heterocycles. The first-order valence-corrected chi connectivity index (χ1v) is 10.1. The van der Waals surface area contributed by atoms with E-state index in [4.69, 9.17) is 0 Å². The number of anilines is 1. The third kappa shape index (κ3) is 3.95. The molecule has 0 fully saturated rings. The molecule has 2 aromatic carbocycles. The molecule has 0 spiro atoms. The third-order valence-electron chi connectivity index (χ3n) is 5.13. The van der Waals surface area contributed by atoms with E-state index in [9.17, 15) is 23.2 Å². The minimum absolute atomic E-state index is 0.0153. The number of fused-ring (bicyclic) bond motifs is 1. The lowest BCUT2D eigenvalue weighted by molar-refractivity contribution is -0.143. The molecule has 35 heavy (non-hydrogen) atoms. The van der Waals surface area contributed by atoms with Gasteiger partial charge in [-0.3, -0.25) is 4.79 Å². The van der Waals surface area contributed by atoms with Crippen LogP contribution in [0.1, 0.15) is 21.6 Å². The summed E-state index contributed by atoms with van der Waals surface area (Å²) in [4.78, 5) is 18.1. The summed E-state index contributed by atoms with van der Waals surface area (Å²) < 4.78 is 43.1. The summed E-state index contributed by atoms with van der Waals surface area (Å²) >= 11 is 0. The van der Waals surface area contributed by atoms with E-state index in [2.05, 4.69) is 25.6 Å². The molecule has 12 heteroatoms. The summed E-state index contributed by atoms with van der Waals surface area (Å²) in [5, 5.41) is 24.7. The number of carbonyl (C=O) groups excluding carboxylic acids is 1. The predicted molar refractivity (Wildman–Crippen MR) is 118 cm³/mol. The van der Waals surface area contributed by atoms with E-state index in [1.165, 1.54) is 30.7 Å². The van der Waals surface area contributed by atoms with Gasteiger partial charge in [-0.25, -0.2) is 9.67 Å². The highest BCUT2D eigenvalue weighted by atomic mass is 19.4. The van der Waals surface area contributed by atoms with Crippen molar-refractivity contribution in [3.63, 3.8) is 0 Å². The van der Waals surface area contributed by atoms with Crippen molar-refractivity contribution in [3.8, 4) is 17.6 Å². The normalized spacial score (nSPS) is 11.4. The zero-order valence-corrected chi connectivity index (χ0v) is 17.6. The lowest BCUT2D eigenvalue weighted by atomic mass is 10.1. The topological polar surface area (TPSA) is 114 Å². The van der Waals surface area contributed by atoms with Crippen molar-refractivity contribution in [3.05, 3.63) is 90.1 Å². The number of amides is 1. The van der Waals surface area contributed by atoms with Gasteiger partial charge in [0, 0.05) is 5.39 Å². The van der Waals surface area contributed by atoms with Gasteiger partial charge in [-0.15, -0.1) is 4.80 Å². The minimum Gasteiger partial charge on any atom is -0.320 e. The van der Waals surface area contributed by atoms with Crippen LogP contribution in [-0.4, -0.2) is 35.7 Å². The summed E-state index contributed by atoms with van der Waals surface area (Å²) in [6.45, 7) is 0. The Morgan fingerprint density at radius 3 is 2.49 bits per heavy atom. The van der Waals surface area contributed by atoms with Crippen molar-refractivity contribution < 1.29 is 18.0 Å². The number of alkyl halides is 3. The maximum atomic E-state index is 14.1. The average molecular weight is 474 g/mol. The Kier molecular flexibility index (Phi) is 5.21. The van der Waals surface area contributed by atoms with Gasteiger partial charge in [0.25, 0.3) is 5.91 Å². The molecule has 5 aromatic rings. The zero-order chi connectivity index (χ0) is 24.6. The number of benzene rings is 2. The number of pyridine rings is 1. The van der Waals surface area contributed by atoms with Gasteiger partial charge in [0.2, 0.25) is 0 Å². The van der Waals surface area contributed by atoms with Crippen LogP contribution in [0.2, 0.25) is 0 Å². The van der Waals surface area contributed by atoms with Crippen molar-refractivity contribution in [2.24, 2.45) is 0 Å². The molecular formula is C23H13F3N8O. The molecule has 9 nitrogen and oxygen atoms in total. The van der Waals surface area contributed by atoms with E-state index < -0.39 is 23.3 Å². The summed E-state index contributed by atoms with van der Waals surface area (Å²) in [6.07, 6.45) is -0.0399. The SMILES string of the molecule is N#Cc1cc(NC(=O)c2cnn(-c3cccc4ccccc34)c2C(F)(F)F)cnc1-n1nccn1. The number of nitrogens with one attached hydrogen (secondary N) is 1. The largest absolute Gasteiger partial charge is 0.434 e. The van der Waals surface area contributed by atoms with Crippen LogP contribution in [0, 0.1) is 11.3 Å². The van der Waals surface area contributed by atoms with Gasteiger partial charge in [-0.2, -0.15) is 33.7 Å². The Morgan fingerprint density at radius 1 is 1.00 bits per heavy atom. The Balaban J connectivity index is 1.54. The molecule has 172 valence electrons. The van der Waals surface area contributed by atoms with Crippen molar-refractivity contribution in [2.45, 2.75) is 6.18 Å². The highest BCUT2D eigenvalue weighted by Gasteiger charge is 2.41. The maximum Gasteiger partial charge on any atom is 0.434 e. The van der Waals surface area contributed by atoms with Crippen molar-refractivity contribution in [2.75, 3.05) is 5.32 Å². The molecule has 5 rings (SSSR count). The summed E-state index contributed by atoms with van der Waals surface area (Å²) in [5.41, 5.74) is -1.69. The first kappa shape index (κ1) is 21.8. The molecule has 0 aliphatic heterocycles. The first-order chi connectivity index (χ1) is 16.9. The van der Waals surface area contributed by atoms with E-state index in [0.717, 1.165) is 16.4 Å². The zero-order valence-electron chi connectivity index (χ0n) is 17.6. The Morgan fingerprint density at radius 2 is 1.74 bits per heavy atom. The number of aromatic nitrogens is 6. The maximum absolute atomic E-state index is 14.1. The third-order valence-corrected chi connectivity index (χ3v) is 5.13. The molecule has 0 saturated carbocycles. The molecule has 0 radical (unpaired) electrons. The quantitative estimate of drug-likeness (QED) is 0.419. The fourth-order valence-electron chi connectivity index (χ4n) is 3.65. The Labute approximate surface area is 195 Å². The number of nitriles is 1. The van der Waals surface area contributed by atoms with Crippen molar-refractivity contribution in [1.29, 1.82) is 5.26 Å². The van der Waals surface area contributed by atoms with Crippen LogP contribution in [0.5, 0.6) is 0 Å². The van der Waals surface area contributed by atoms with Crippen LogP contribution >= 0.6 is 0 Å². The van der Waals surface area contributed by atoms with E-state index in [0.29, 0.717) is 10.1 Å². The first-order valence-electron chi connectivity index (χ1n) is 10.1. The molecular weight excluding hydrogens is 461 g/mol. The Hall–Kier alpha value is -5.05. The molecule has 3 aromatic heterocycles. The van der Waals surface area contributed by atoms with E-state index in [-0.39, 0.29) is 22.8 Å². The highest BCUT2D eigenvalue weighted by molar-refractivity contribution is 6.05. The highest BCUT2D eigenvalue weighted by Crippen LogP contribution is 2.35. The fraction of sp³-hybridized carbons (Fsp3) is 0.0435. The predicted octanol–water partition coefficient (Wildman–Crippen LogP) is 4.14. The van der Waals surface area contributed by atoms with Crippen LogP contribution in [0.15, 0.2) is 73.3 Å². The molecule has 0 atom stereocenters. The number of nitrogens with zero attached hydrogens (tertiary/aromatic N) is 7. The molecule has 0 aliphatic carbocycles. The summed E-state index contributed by atoms with van der Waals surface area (Å²) in [7, 11) is 0. The molecule has 1 N–H and O–H groups in total. The van der Waals surface area contributed by atoms with E-state index >= 15 is 0 Å². The number of rotatable bonds is 4. The van der Waals surface area contributed by atoms with Gasteiger partial charge < -0.3 is 5.32 Å². The minimum atomic E-state index is -4.88. The molecule has 0 saturated heterocycles. The smallest absolute Gasteiger partial charge is 0.320 e. The van der Waals surface area contributed by atoms with Crippen molar-refractivity contribution in [1.82, 2.24) is 29.8 Å².